The van der Waals surface area contributed by atoms with Crippen LogP contribution in [0, 0.1) is 0 Å². The highest BCUT2D eigenvalue weighted by molar-refractivity contribution is 8.00. The van der Waals surface area contributed by atoms with Gasteiger partial charge in [-0.15, -0.1) is 11.8 Å². The summed E-state index contributed by atoms with van der Waals surface area (Å²) in [7, 11) is 0. The lowest BCUT2D eigenvalue weighted by Crippen LogP contribution is -2.37. The van der Waals surface area contributed by atoms with Gasteiger partial charge in [-0.2, -0.15) is 0 Å². The third-order valence-electron chi connectivity index (χ3n) is 5.02. The number of nitrogens with zero attached hydrogens (tertiary/aromatic N) is 3. The fourth-order valence-electron chi connectivity index (χ4n) is 3.61. The van der Waals surface area contributed by atoms with Crippen LogP contribution in [0.4, 0.5) is 16.3 Å². The van der Waals surface area contributed by atoms with Gasteiger partial charge in [0.2, 0.25) is 0 Å². The van der Waals surface area contributed by atoms with Crippen molar-refractivity contribution >= 4 is 29.3 Å². The lowest BCUT2D eigenvalue weighted by molar-refractivity contribution is 0.122. The maximum Gasteiger partial charge on any atom is 0.319 e. The highest BCUT2D eigenvalue weighted by atomic mass is 32.2. The van der Waals surface area contributed by atoms with Gasteiger partial charge in [-0.05, 0) is 57.2 Å². The molecule has 0 unspecified atom stereocenters. The first-order valence-electron chi connectivity index (χ1n) is 11.2. The molecule has 2 N–H and O–H groups in total. The minimum absolute atomic E-state index is 0.0797. The van der Waals surface area contributed by atoms with Crippen LogP contribution in [-0.4, -0.2) is 53.6 Å². The van der Waals surface area contributed by atoms with E-state index in [2.05, 4.69) is 49.3 Å². The minimum Gasteiger partial charge on any atom is -0.378 e. The van der Waals surface area contributed by atoms with Gasteiger partial charge < -0.3 is 20.3 Å². The van der Waals surface area contributed by atoms with E-state index in [1.54, 1.807) is 0 Å². The number of aromatic nitrogens is 2. The van der Waals surface area contributed by atoms with Crippen LogP contribution in [0.25, 0.3) is 11.4 Å². The Morgan fingerprint density at radius 1 is 1.09 bits per heavy atom. The third-order valence-corrected chi connectivity index (χ3v) is 6.29. The number of hydrogen-bond donors (Lipinski definition) is 2. The van der Waals surface area contributed by atoms with E-state index < -0.39 is 0 Å². The Hall–Kier alpha value is -2.32. The number of carbonyl (C=O) groups is 1. The van der Waals surface area contributed by atoms with Crippen molar-refractivity contribution in [2.75, 3.05) is 36.5 Å². The number of carbonyl (C=O) groups excluding carboxylic acids is 1. The Kier molecular flexibility index (Phi) is 8.00. The molecular formula is C24H35N5O2S. The zero-order valence-corrected chi connectivity index (χ0v) is 20.8. The van der Waals surface area contributed by atoms with Gasteiger partial charge in [0.15, 0.2) is 5.82 Å². The summed E-state index contributed by atoms with van der Waals surface area (Å²) in [6.07, 6.45) is 0. The van der Waals surface area contributed by atoms with Crippen LogP contribution in [-0.2, 0) is 9.48 Å². The number of urea groups is 1. The predicted molar refractivity (Wildman–Crippen MR) is 134 cm³/mol. The number of rotatable bonds is 7. The predicted octanol–water partition coefficient (Wildman–Crippen LogP) is 4.89. The van der Waals surface area contributed by atoms with Crippen molar-refractivity contribution in [2.24, 2.45) is 0 Å². The van der Waals surface area contributed by atoms with Crippen LogP contribution in [0.5, 0.6) is 0 Å². The van der Waals surface area contributed by atoms with Crippen molar-refractivity contribution in [3.63, 3.8) is 0 Å². The molecular weight excluding hydrogens is 422 g/mol. The van der Waals surface area contributed by atoms with Crippen molar-refractivity contribution in [2.45, 2.75) is 57.6 Å². The second-order valence-corrected chi connectivity index (χ2v) is 11.2. The molecule has 32 heavy (non-hydrogen) atoms. The Balaban J connectivity index is 1.92. The monoisotopic (exact) mass is 457 g/mol. The first-order valence-corrected chi connectivity index (χ1v) is 12.1. The van der Waals surface area contributed by atoms with Crippen molar-refractivity contribution in [1.29, 1.82) is 0 Å². The average Bonchev–Trinajstić information content (AvgIpc) is 2.73. The van der Waals surface area contributed by atoms with E-state index in [-0.39, 0.29) is 16.8 Å². The summed E-state index contributed by atoms with van der Waals surface area (Å²) >= 11 is 1.90. The Morgan fingerprint density at radius 2 is 1.75 bits per heavy atom. The van der Waals surface area contributed by atoms with Crippen LogP contribution in [0.2, 0.25) is 0 Å². The van der Waals surface area contributed by atoms with Crippen LogP contribution in [0.3, 0.4) is 0 Å². The van der Waals surface area contributed by atoms with Crippen molar-refractivity contribution in [3.05, 3.63) is 36.0 Å². The fourth-order valence-corrected chi connectivity index (χ4v) is 5.01. The minimum atomic E-state index is -0.215. The van der Waals surface area contributed by atoms with Crippen LogP contribution in [0.1, 0.15) is 47.2 Å². The molecule has 1 aliphatic rings. The summed E-state index contributed by atoms with van der Waals surface area (Å²) in [6.45, 7) is 15.8. The van der Waals surface area contributed by atoms with Gasteiger partial charge >= 0.3 is 6.03 Å². The number of morpholine rings is 1. The number of benzene rings is 1. The molecule has 0 bridgehead atoms. The van der Waals surface area contributed by atoms with Gasteiger partial charge in [-0.1, -0.05) is 13.8 Å². The summed E-state index contributed by atoms with van der Waals surface area (Å²) in [5.41, 5.74) is 2.66. The van der Waals surface area contributed by atoms with Crippen molar-refractivity contribution in [3.8, 4) is 11.4 Å². The number of anilines is 2. The molecule has 3 rings (SSSR count). The molecule has 1 aliphatic heterocycles. The van der Waals surface area contributed by atoms with Crippen molar-refractivity contribution in [1.82, 2.24) is 15.3 Å². The molecule has 7 nitrogen and oxygen atoms in total. The summed E-state index contributed by atoms with van der Waals surface area (Å²) in [6, 6.07) is 9.66. The normalized spacial score (nSPS) is 14.7. The Labute approximate surface area is 195 Å². The van der Waals surface area contributed by atoms with Crippen LogP contribution >= 0.6 is 11.8 Å². The van der Waals surface area contributed by atoms with Gasteiger partial charge in [0.25, 0.3) is 0 Å². The first-order chi connectivity index (χ1) is 15.1. The summed E-state index contributed by atoms with van der Waals surface area (Å²) < 4.78 is 5.38. The number of amides is 2. The summed E-state index contributed by atoms with van der Waals surface area (Å²) in [5, 5.41) is 6.17. The number of ether oxygens (including phenoxy) is 1. The molecule has 0 spiro atoms. The molecule has 0 saturated carbocycles. The zero-order valence-electron chi connectivity index (χ0n) is 19.9. The molecule has 1 aromatic carbocycles. The van der Waals surface area contributed by atoms with E-state index in [9.17, 15) is 4.79 Å². The smallest absolute Gasteiger partial charge is 0.319 e. The molecule has 0 aliphatic carbocycles. The third kappa shape index (κ3) is 6.59. The molecule has 174 valence electrons. The van der Waals surface area contributed by atoms with Crippen LogP contribution in [0.15, 0.2) is 30.3 Å². The zero-order chi connectivity index (χ0) is 23.3. The van der Waals surface area contributed by atoms with Crippen molar-refractivity contribution < 1.29 is 9.53 Å². The Morgan fingerprint density at radius 3 is 2.34 bits per heavy atom. The lowest BCUT2D eigenvalue weighted by atomic mass is 10.1. The number of nitrogens with one attached hydrogen (secondary N) is 2. The van der Waals surface area contributed by atoms with E-state index in [1.807, 2.05) is 49.9 Å². The maximum absolute atomic E-state index is 12.0. The topological polar surface area (TPSA) is 79.4 Å². The standard InChI is InChI=1S/C24H35N5O2S/c1-16(2)25-23(30)26-19-9-7-18(8-10-19)22-27-20(24(5,6)32-17(3)4)15-21(28-22)29-11-13-31-14-12-29/h7-10,15-17H,11-14H2,1-6H3,(H2,25,26,30). The lowest BCUT2D eigenvalue weighted by Gasteiger charge is -2.31. The van der Waals surface area contributed by atoms with E-state index in [0.717, 1.165) is 35.9 Å². The fraction of sp³-hybridized carbons (Fsp3) is 0.542. The highest BCUT2D eigenvalue weighted by Crippen LogP contribution is 2.39. The number of hydrogen-bond acceptors (Lipinski definition) is 6. The SMILES string of the molecule is CC(C)NC(=O)Nc1ccc(-c2nc(N3CCOCC3)cc(C(C)(C)SC(C)C)n2)cc1. The largest absolute Gasteiger partial charge is 0.378 e. The van der Waals surface area contributed by atoms with E-state index in [4.69, 9.17) is 14.7 Å². The van der Waals surface area contributed by atoms with Gasteiger partial charge in [0.05, 0.1) is 23.7 Å². The molecule has 1 aromatic heterocycles. The van der Waals surface area contributed by atoms with E-state index in [1.165, 1.54) is 0 Å². The van der Waals surface area contributed by atoms with Gasteiger partial charge in [0.1, 0.15) is 5.82 Å². The van der Waals surface area contributed by atoms with E-state index in [0.29, 0.717) is 24.3 Å². The molecule has 1 fully saturated rings. The molecule has 0 radical (unpaired) electrons. The van der Waals surface area contributed by atoms with E-state index >= 15 is 0 Å². The summed E-state index contributed by atoms with van der Waals surface area (Å²) in [4.78, 5) is 24.1. The summed E-state index contributed by atoms with van der Waals surface area (Å²) in [5.74, 6) is 1.63. The maximum atomic E-state index is 12.0. The van der Waals surface area contributed by atoms with Gasteiger partial charge in [-0.3, -0.25) is 0 Å². The molecule has 2 heterocycles. The molecule has 0 atom stereocenters. The van der Waals surface area contributed by atoms with Crippen LogP contribution < -0.4 is 15.5 Å². The second-order valence-electron chi connectivity index (χ2n) is 9.04. The molecule has 2 aromatic rings. The van der Waals surface area contributed by atoms with Gasteiger partial charge in [-0.25, -0.2) is 14.8 Å². The Bertz CT molecular complexity index is 909. The average molecular weight is 458 g/mol. The number of thioether (sulfide) groups is 1. The van der Waals surface area contributed by atoms with Gasteiger partial charge in [0, 0.05) is 36.4 Å². The second kappa shape index (κ2) is 10.5. The quantitative estimate of drug-likeness (QED) is 0.616. The molecule has 8 heteroatoms. The molecule has 1 saturated heterocycles. The molecule has 2 amide bonds. The first kappa shape index (κ1) is 24.3. The highest BCUT2D eigenvalue weighted by Gasteiger charge is 2.27.